The number of rotatable bonds is 9. The monoisotopic (exact) mass is 303 g/mol. The molecule has 2 N–H and O–H groups in total. The van der Waals surface area contributed by atoms with E-state index in [-0.39, 0.29) is 0 Å². The van der Waals surface area contributed by atoms with E-state index in [2.05, 4.69) is 36.5 Å². The number of unbranched alkanes of at least 4 members (excludes halogenated alkanes) is 2. The van der Waals surface area contributed by atoms with Gasteiger partial charge in [0.1, 0.15) is 0 Å². The highest BCUT2D eigenvalue weighted by Gasteiger charge is 2.14. The molecule has 2 aromatic rings. The van der Waals surface area contributed by atoms with E-state index >= 15 is 0 Å². The molecule has 0 aliphatic heterocycles. The van der Waals surface area contributed by atoms with Crippen LogP contribution in [0.1, 0.15) is 55.9 Å². The topological polar surface area (TPSA) is 32.3 Å². The highest BCUT2D eigenvalue weighted by molar-refractivity contribution is 7.07. The second-order valence-corrected chi connectivity index (χ2v) is 6.22. The van der Waals surface area contributed by atoms with Gasteiger partial charge in [-0.2, -0.15) is 11.3 Å². The summed E-state index contributed by atoms with van der Waals surface area (Å²) in [6.45, 7) is 2.83. The molecule has 0 amide bonds. The van der Waals surface area contributed by atoms with Crippen molar-refractivity contribution in [3.8, 4) is 0 Å². The van der Waals surface area contributed by atoms with Gasteiger partial charge in [-0.25, -0.2) is 0 Å². The van der Waals surface area contributed by atoms with Crippen molar-refractivity contribution < 1.29 is 5.11 Å². The van der Waals surface area contributed by atoms with Gasteiger partial charge in [0.15, 0.2) is 0 Å². The van der Waals surface area contributed by atoms with Crippen molar-refractivity contribution in [3.05, 3.63) is 58.3 Å². The van der Waals surface area contributed by atoms with Gasteiger partial charge in [-0.1, -0.05) is 56.5 Å². The van der Waals surface area contributed by atoms with E-state index in [0.29, 0.717) is 12.6 Å². The van der Waals surface area contributed by atoms with Gasteiger partial charge in [-0.05, 0) is 34.4 Å². The first-order chi connectivity index (χ1) is 10.3. The zero-order valence-corrected chi connectivity index (χ0v) is 13.5. The number of hydrogen-bond acceptors (Lipinski definition) is 3. The van der Waals surface area contributed by atoms with Gasteiger partial charge >= 0.3 is 0 Å². The third-order valence-corrected chi connectivity index (χ3v) is 4.49. The number of hydrogen-bond donors (Lipinski definition) is 2. The second-order valence-electron chi connectivity index (χ2n) is 5.44. The predicted molar refractivity (Wildman–Crippen MR) is 90.6 cm³/mol. The Kier molecular flexibility index (Phi) is 6.93. The number of benzene rings is 1. The lowest BCUT2D eigenvalue weighted by Gasteiger charge is -2.21. The minimum absolute atomic E-state index is 0.325. The average molecular weight is 303 g/mol. The van der Waals surface area contributed by atoms with Gasteiger partial charge in [0.25, 0.3) is 0 Å². The van der Waals surface area contributed by atoms with Crippen LogP contribution in [0.15, 0.2) is 47.2 Å². The number of aliphatic hydroxyl groups is 1. The van der Waals surface area contributed by atoms with E-state index in [1.165, 1.54) is 24.8 Å². The fourth-order valence-electron chi connectivity index (χ4n) is 2.51. The van der Waals surface area contributed by atoms with Gasteiger partial charge in [0.2, 0.25) is 0 Å². The molecule has 1 aromatic heterocycles. The summed E-state index contributed by atoms with van der Waals surface area (Å²) in [5.41, 5.74) is 2.32. The molecular formula is C18H25NOS. The van der Waals surface area contributed by atoms with Gasteiger partial charge in [-0.3, -0.25) is 0 Å². The molecule has 0 bridgehead atoms. The molecule has 2 rings (SSSR count). The van der Waals surface area contributed by atoms with E-state index in [4.69, 9.17) is 0 Å². The van der Waals surface area contributed by atoms with Gasteiger partial charge in [-0.15, -0.1) is 0 Å². The first-order valence-electron chi connectivity index (χ1n) is 7.79. The maximum Gasteiger partial charge on any atom is 0.0922 e. The Labute approximate surface area is 131 Å². The fourth-order valence-corrected chi connectivity index (χ4v) is 3.21. The molecule has 0 aliphatic carbocycles. The van der Waals surface area contributed by atoms with Gasteiger partial charge < -0.3 is 10.4 Å². The molecule has 0 saturated heterocycles. The number of nitrogens with one attached hydrogen (secondary N) is 1. The summed E-state index contributed by atoms with van der Waals surface area (Å²) in [5.74, 6) is 0. The number of aliphatic hydroxyl groups excluding tert-OH is 1. The van der Waals surface area contributed by atoms with Crippen molar-refractivity contribution in [1.29, 1.82) is 0 Å². The van der Waals surface area contributed by atoms with Crippen LogP contribution in [0.2, 0.25) is 0 Å². The summed E-state index contributed by atoms with van der Waals surface area (Å²) in [6.07, 6.45) is 4.41. The molecule has 0 radical (unpaired) electrons. The lowest BCUT2D eigenvalue weighted by atomic mass is 10.00. The van der Waals surface area contributed by atoms with E-state index in [1.54, 1.807) is 11.3 Å². The molecule has 0 spiro atoms. The Hall–Kier alpha value is -1.16. The maximum absolute atomic E-state index is 10.2. The Balaban J connectivity index is 1.92. The van der Waals surface area contributed by atoms with Crippen molar-refractivity contribution in [2.75, 3.05) is 6.54 Å². The molecule has 2 nitrogen and oxygen atoms in total. The molecule has 0 saturated carbocycles. The predicted octanol–water partition coefficient (Wildman–Crippen LogP) is 4.69. The quantitative estimate of drug-likeness (QED) is 0.659. The third kappa shape index (κ3) is 5.27. The summed E-state index contributed by atoms with van der Waals surface area (Å²) in [6, 6.07) is 12.9. The summed E-state index contributed by atoms with van der Waals surface area (Å²) in [4.78, 5) is 0. The average Bonchev–Trinajstić information content (AvgIpc) is 3.06. The van der Waals surface area contributed by atoms with Crippen LogP contribution in [0, 0.1) is 0 Å². The molecule has 114 valence electrons. The van der Waals surface area contributed by atoms with Crippen LogP contribution in [-0.2, 0) is 0 Å². The van der Waals surface area contributed by atoms with E-state index in [9.17, 15) is 5.11 Å². The van der Waals surface area contributed by atoms with Crippen molar-refractivity contribution in [2.45, 2.75) is 44.8 Å². The fraction of sp³-hybridized carbons (Fsp3) is 0.444. The minimum Gasteiger partial charge on any atom is -0.387 e. The molecule has 1 aromatic carbocycles. The molecule has 0 fully saturated rings. The van der Waals surface area contributed by atoms with E-state index in [1.807, 2.05) is 22.9 Å². The van der Waals surface area contributed by atoms with Crippen LogP contribution in [0.25, 0.3) is 0 Å². The Bertz CT molecular complexity index is 483. The summed E-state index contributed by atoms with van der Waals surface area (Å²) < 4.78 is 0. The smallest absolute Gasteiger partial charge is 0.0922 e. The largest absolute Gasteiger partial charge is 0.387 e. The zero-order valence-electron chi connectivity index (χ0n) is 12.7. The lowest BCUT2D eigenvalue weighted by molar-refractivity contribution is 0.169. The summed E-state index contributed by atoms with van der Waals surface area (Å²) in [7, 11) is 0. The Morgan fingerprint density at radius 1 is 1.10 bits per heavy atom. The van der Waals surface area contributed by atoms with Crippen LogP contribution in [0.3, 0.4) is 0 Å². The lowest BCUT2D eigenvalue weighted by Crippen LogP contribution is -2.26. The van der Waals surface area contributed by atoms with Crippen molar-refractivity contribution in [2.24, 2.45) is 0 Å². The molecule has 1 heterocycles. The Morgan fingerprint density at radius 3 is 2.57 bits per heavy atom. The maximum atomic E-state index is 10.2. The van der Waals surface area contributed by atoms with Crippen molar-refractivity contribution in [3.63, 3.8) is 0 Å². The first kappa shape index (κ1) is 16.2. The van der Waals surface area contributed by atoms with Gasteiger partial charge in [0, 0.05) is 12.6 Å². The molecule has 2 unspecified atom stereocenters. The summed E-state index contributed by atoms with van der Waals surface area (Å²) in [5, 5.41) is 17.8. The van der Waals surface area contributed by atoms with Gasteiger partial charge in [0.05, 0.1) is 6.10 Å². The zero-order chi connectivity index (χ0) is 14.9. The molecule has 21 heavy (non-hydrogen) atoms. The molecule has 3 heteroatoms. The molecule has 0 aliphatic rings. The normalized spacial score (nSPS) is 14.0. The van der Waals surface area contributed by atoms with Crippen LogP contribution < -0.4 is 5.32 Å². The third-order valence-electron chi connectivity index (χ3n) is 3.78. The standard InChI is InChI=1S/C18H25NOS/c1-2-3-5-10-17(15-8-6-4-7-9-15)19-13-18(20)16-11-12-21-14-16/h4,6-9,11-12,14,17-20H,2-3,5,10,13H2,1H3. The van der Waals surface area contributed by atoms with Crippen LogP contribution in [-0.4, -0.2) is 11.7 Å². The minimum atomic E-state index is -0.423. The number of thiophene rings is 1. The summed E-state index contributed by atoms with van der Waals surface area (Å²) >= 11 is 1.63. The van der Waals surface area contributed by atoms with Crippen molar-refractivity contribution in [1.82, 2.24) is 5.32 Å². The SMILES string of the molecule is CCCCCC(NCC(O)c1ccsc1)c1ccccc1. The first-order valence-corrected chi connectivity index (χ1v) is 8.74. The van der Waals surface area contributed by atoms with Crippen molar-refractivity contribution >= 4 is 11.3 Å². The van der Waals surface area contributed by atoms with E-state index in [0.717, 1.165) is 12.0 Å². The highest BCUT2D eigenvalue weighted by atomic mass is 32.1. The van der Waals surface area contributed by atoms with Crippen LogP contribution in [0.4, 0.5) is 0 Å². The Morgan fingerprint density at radius 2 is 1.90 bits per heavy atom. The molecule has 2 atom stereocenters. The van der Waals surface area contributed by atoms with Crippen LogP contribution >= 0.6 is 11.3 Å². The second kappa shape index (κ2) is 8.98. The van der Waals surface area contributed by atoms with Crippen LogP contribution in [0.5, 0.6) is 0 Å². The van der Waals surface area contributed by atoms with E-state index < -0.39 is 6.10 Å². The highest BCUT2D eigenvalue weighted by Crippen LogP contribution is 2.22. The molecular weight excluding hydrogens is 278 g/mol.